The Labute approximate surface area is 205 Å². The Balaban J connectivity index is 1.54. The van der Waals surface area contributed by atoms with Gasteiger partial charge in [0.25, 0.3) is 11.5 Å². The SMILES string of the molecule is COc1cccc(-n2cc(C(=O)NCCC(=O)Nc3ccc(F)cc3Cl)c3ccccc3c2=O)c1. The van der Waals surface area contributed by atoms with E-state index in [4.69, 9.17) is 16.3 Å². The van der Waals surface area contributed by atoms with Crippen molar-refractivity contribution in [2.45, 2.75) is 6.42 Å². The van der Waals surface area contributed by atoms with E-state index in [9.17, 15) is 18.8 Å². The van der Waals surface area contributed by atoms with Crippen LogP contribution < -0.4 is 20.9 Å². The van der Waals surface area contributed by atoms with E-state index in [0.29, 0.717) is 22.2 Å². The number of ether oxygens (including phenoxy) is 1. The van der Waals surface area contributed by atoms with Gasteiger partial charge in [-0.2, -0.15) is 0 Å². The molecule has 35 heavy (non-hydrogen) atoms. The minimum Gasteiger partial charge on any atom is -0.497 e. The monoisotopic (exact) mass is 493 g/mol. The molecule has 0 aliphatic heterocycles. The van der Waals surface area contributed by atoms with Gasteiger partial charge >= 0.3 is 0 Å². The lowest BCUT2D eigenvalue weighted by atomic mass is 10.1. The van der Waals surface area contributed by atoms with Crippen LogP contribution in [0.4, 0.5) is 10.1 Å². The lowest BCUT2D eigenvalue weighted by Gasteiger charge is -2.13. The molecule has 4 rings (SSSR count). The maximum Gasteiger partial charge on any atom is 0.262 e. The zero-order valence-electron chi connectivity index (χ0n) is 18.7. The Hall–Kier alpha value is -4.17. The maximum atomic E-state index is 13.2. The number of nitrogens with zero attached hydrogens (tertiary/aromatic N) is 1. The molecular weight excluding hydrogens is 473 g/mol. The van der Waals surface area contributed by atoms with E-state index >= 15 is 0 Å². The van der Waals surface area contributed by atoms with Crippen LogP contribution in [0.2, 0.25) is 5.02 Å². The third-order valence-corrected chi connectivity index (χ3v) is 5.66. The lowest BCUT2D eigenvalue weighted by Crippen LogP contribution is -2.29. The van der Waals surface area contributed by atoms with Gasteiger partial charge in [0, 0.05) is 36.0 Å². The van der Waals surface area contributed by atoms with Crippen LogP contribution in [0.3, 0.4) is 0 Å². The minimum absolute atomic E-state index is 0.0348. The van der Waals surface area contributed by atoms with Gasteiger partial charge in [-0.05, 0) is 36.4 Å². The van der Waals surface area contributed by atoms with E-state index in [1.54, 1.807) is 48.5 Å². The van der Waals surface area contributed by atoms with Gasteiger partial charge in [0.05, 0.1) is 29.1 Å². The topological polar surface area (TPSA) is 89.4 Å². The highest BCUT2D eigenvalue weighted by molar-refractivity contribution is 6.33. The van der Waals surface area contributed by atoms with Crippen LogP contribution in [0.1, 0.15) is 16.8 Å². The smallest absolute Gasteiger partial charge is 0.262 e. The maximum absolute atomic E-state index is 13.2. The largest absolute Gasteiger partial charge is 0.497 e. The van der Waals surface area contributed by atoms with Gasteiger partial charge in [-0.1, -0.05) is 35.9 Å². The van der Waals surface area contributed by atoms with Gasteiger partial charge in [-0.3, -0.25) is 19.0 Å². The predicted octanol–water partition coefficient (Wildman–Crippen LogP) is 4.55. The Morgan fingerprint density at radius 3 is 2.54 bits per heavy atom. The van der Waals surface area contributed by atoms with Gasteiger partial charge in [-0.25, -0.2) is 4.39 Å². The predicted molar refractivity (Wildman–Crippen MR) is 133 cm³/mol. The Morgan fingerprint density at radius 2 is 1.80 bits per heavy atom. The molecule has 178 valence electrons. The third kappa shape index (κ3) is 5.33. The number of nitrogens with one attached hydrogen (secondary N) is 2. The Kier molecular flexibility index (Phi) is 7.12. The molecule has 0 aliphatic rings. The molecular formula is C26H21ClFN3O4. The molecule has 0 saturated carbocycles. The molecule has 0 atom stereocenters. The first-order valence-electron chi connectivity index (χ1n) is 10.7. The molecule has 0 unspecified atom stereocenters. The van der Waals surface area contributed by atoms with Crippen LogP contribution in [0, 0.1) is 5.82 Å². The van der Waals surface area contributed by atoms with Crippen molar-refractivity contribution in [2.75, 3.05) is 19.0 Å². The van der Waals surface area contributed by atoms with E-state index in [-0.39, 0.29) is 34.8 Å². The quantitative estimate of drug-likeness (QED) is 0.395. The molecule has 1 aromatic heterocycles. The average Bonchev–Trinajstić information content (AvgIpc) is 2.86. The summed E-state index contributed by atoms with van der Waals surface area (Å²) in [5.41, 5.74) is 0.830. The van der Waals surface area contributed by atoms with E-state index in [1.165, 1.54) is 30.0 Å². The molecule has 2 N–H and O–H groups in total. The van der Waals surface area contributed by atoms with Crippen LogP contribution in [-0.2, 0) is 4.79 Å². The number of halogens is 2. The number of hydrogen-bond acceptors (Lipinski definition) is 4. The summed E-state index contributed by atoms with van der Waals surface area (Å²) in [4.78, 5) is 38.4. The van der Waals surface area contributed by atoms with E-state index < -0.39 is 17.6 Å². The van der Waals surface area contributed by atoms with Crippen molar-refractivity contribution in [1.82, 2.24) is 9.88 Å². The van der Waals surface area contributed by atoms with Crippen LogP contribution in [-0.4, -0.2) is 30.0 Å². The van der Waals surface area contributed by atoms with Crippen LogP contribution in [0.25, 0.3) is 16.5 Å². The summed E-state index contributed by atoms with van der Waals surface area (Å²) in [6, 6.07) is 17.4. The number of methoxy groups -OCH3 is 1. The summed E-state index contributed by atoms with van der Waals surface area (Å²) in [5.74, 6) is -0.779. The molecule has 1 heterocycles. The second kappa shape index (κ2) is 10.4. The van der Waals surface area contributed by atoms with Gasteiger partial charge in [-0.15, -0.1) is 0 Å². The first kappa shape index (κ1) is 24.0. The number of fused-ring (bicyclic) bond motifs is 1. The first-order valence-corrected chi connectivity index (χ1v) is 11.1. The number of aromatic nitrogens is 1. The zero-order chi connectivity index (χ0) is 24.9. The van der Waals surface area contributed by atoms with Crippen molar-refractivity contribution in [2.24, 2.45) is 0 Å². The van der Waals surface area contributed by atoms with E-state index in [2.05, 4.69) is 10.6 Å². The summed E-state index contributed by atoms with van der Waals surface area (Å²) in [6.45, 7) is 0.0378. The number of benzene rings is 3. The van der Waals surface area contributed by atoms with Gasteiger partial charge < -0.3 is 15.4 Å². The Bertz CT molecular complexity index is 1490. The molecule has 0 spiro atoms. The average molecular weight is 494 g/mol. The highest BCUT2D eigenvalue weighted by atomic mass is 35.5. The number of carbonyl (C=O) groups excluding carboxylic acids is 2. The van der Waals surface area contributed by atoms with Crippen molar-refractivity contribution in [3.8, 4) is 11.4 Å². The molecule has 2 amide bonds. The summed E-state index contributed by atoms with van der Waals surface area (Å²) in [7, 11) is 1.53. The van der Waals surface area contributed by atoms with Crippen molar-refractivity contribution < 1.29 is 18.7 Å². The summed E-state index contributed by atoms with van der Waals surface area (Å²) < 4.78 is 19.8. The fourth-order valence-electron chi connectivity index (χ4n) is 3.61. The number of pyridine rings is 1. The fourth-order valence-corrected chi connectivity index (χ4v) is 3.83. The minimum atomic E-state index is -0.511. The molecule has 9 heteroatoms. The summed E-state index contributed by atoms with van der Waals surface area (Å²) in [6.07, 6.45) is 1.44. The molecule has 4 aromatic rings. The number of hydrogen-bond donors (Lipinski definition) is 2. The van der Waals surface area contributed by atoms with Gasteiger partial charge in [0.2, 0.25) is 5.91 Å². The Morgan fingerprint density at radius 1 is 1.03 bits per heavy atom. The van der Waals surface area contributed by atoms with Crippen LogP contribution in [0.15, 0.2) is 77.7 Å². The zero-order valence-corrected chi connectivity index (χ0v) is 19.4. The number of rotatable bonds is 7. The van der Waals surface area contributed by atoms with Crippen molar-refractivity contribution in [3.05, 3.63) is 99.7 Å². The highest BCUT2D eigenvalue weighted by Gasteiger charge is 2.16. The molecule has 7 nitrogen and oxygen atoms in total. The molecule has 3 aromatic carbocycles. The van der Waals surface area contributed by atoms with E-state index in [0.717, 1.165) is 6.07 Å². The molecule has 0 radical (unpaired) electrons. The normalized spacial score (nSPS) is 10.7. The number of anilines is 1. The lowest BCUT2D eigenvalue weighted by molar-refractivity contribution is -0.116. The van der Waals surface area contributed by atoms with Crippen LogP contribution >= 0.6 is 11.6 Å². The molecule has 0 saturated heterocycles. The molecule has 0 bridgehead atoms. The molecule has 0 fully saturated rings. The van der Waals surface area contributed by atoms with Crippen LogP contribution in [0.5, 0.6) is 5.75 Å². The second-order valence-electron chi connectivity index (χ2n) is 7.64. The van der Waals surface area contributed by atoms with Crippen molar-refractivity contribution in [1.29, 1.82) is 0 Å². The van der Waals surface area contributed by atoms with Gasteiger partial charge in [0.1, 0.15) is 11.6 Å². The summed E-state index contributed by atoms with van der Waals surface area (Å²) in [5, 5.41) is 6.26. The third-order valence-electron chi connectivity index (χ3n) is 5.34. The van der Waals surface area contributed by atoms with Crippen molar-refractivity contribution >= 4 is 39.9 Å². The van der Waals surface area contributed by atoms with Crippen molar-refractivity contribution in [3.63, 3.8) is 0 Å². The standard InChI is InChI=1S/C26H21ClFN3O4/c1-35-18-6-4-5-17(14-18)31-15-21(19-7-2-3-8-20(19)26(31)34)25(33)29-12-11-24(32)30-23-10-9-16(28)13-22(23)27/h2-10,13-15H,11-12H2,1H3,(H,29,33)(H,30,32). The number of carbonyl (C=O) groups is 2. The first-order chi connectivity index (χ1) is 16.9. The van der Waals surface area contributed by atoms with Gasteiger partial charge in [0.15, 0.2) is 0 Å². The summed E-state index contributed by atoms with van der Waals surface area (Å²) >= 11 is 5.93. The van der Waals surface area contributed by atoms with E-state index in [1.807, 2.05) is 0 Å². The molecule has 0 aliphatic carbocycles. The fraction of sp³-hybridized carbons (Fsp3) is 0.115. The highest BCUT2D eigenvalue weighted by Crippen LogP contribution is 2.23. The number of amides is 2. The second-order valence-corrected chi connectivity index (χ2v) is 8.05.